The average Bonchev–Trinajstić information content (AvgIpc) is 2.06. The van der Waals surface area contributed by atoms with Crippen LogP contribution in [0.4, 0.5) is 0 Å². The van der Waals surface area contributed by atoms with E-state index in [1.54, 1.807) is 5.92 Å². The zero-order chi connectivity index (χ0) is 8.32. The quantitative estimate of drug-likeness (QED) is 0.557. The van der Waals surface area contributed by atoms with Crippen molar-refractivity contribution < 1.29 is 4.74 Å². The molecule has 11 heavy (non-hydrogen) atoms. The van der Waals surface area contributed by atoms with E-state index in [0.717, 1.165) is 13.2 Å². The monoisotopic (exact) mass is 155 g/mol. The highest BCUT2D eigenvalue weighted by Gasteiger charge is 2.16. The molecule has 66 valence electrons. The van der Waals surface area contributed by atoms with Crippen molar-refractivity contribution >= 4 is 0 Å². The highest BCUT2D eigenvalue weighted by molar-refractivity contribution is 5.03. The van der Waals surface area contributed by atoms with Gasteiger partial charge in [-0.2, -0.15) is 18.3 Å². The summed E-state index contributed by atoms with van der Waals surface area (Å²) < 4.78 is 5.32. The van der Waals surface area contributed by atoms with Gasteiger partial charge in [-0.3, -0.25) is 0 Å². The van der Waals surface area contributed by atoms with E-state index in [0.29, 0.717) is 5.41 Å². The van der Waals surface area contributed by atoms with Gasteiger partial charge in [-0.1, -0.05) is 27.2 Å². The second kappa shape index (κ2) is 3.57. The number of hydrogen-bond acceptors (Lipinski definition) is 1. The molecule has 1 heteroatoms. The molecule has 1 aliphatic rings. The normalized spacial score (nSPS) is 22.1. The molecule has 0 atom stereocenters. The molecule has 1 fully saturated rings. The predicted octanol–water partition coefficient (Wildman–Crippen LogP) is 2.81. The van der Waals surface area contributed by atoms with Gasteiger partial charge in [-0.15, -0.1) is 0 Å². The van der Waals surface area contributed by atoms with Crippen LogP contribution in [0, 0.1) is 11.3 Å². The van der Waals surface area contributed by atoms with Crippen LogP contribution in [0.25, 0.3) is 0 Å². The maximum atomic E-state index is 5.32. The van der Waals surface area contributed by atoms with Crippen LogP contribution < -0.4 is 0 Å². The van der Waals surface area contributed by atoms with Gasteiger partial charge in [0, 0.05) is 13.2 Å². The molecule has 0 saturated carbocycles. The second-order valence-corrected chi connectivity index (χ2v) is 3.95. The van der Waals surface area contributed by atoms with Crippen molar-refractivity contribution in [3.8, 4) is 0 Å². The van der Waals surface area contributed by atoms with Crippen LogP contribution >= 0.6 is 0 Å². The Morgan fingerprint density at radius 1 is 1.27 bits per heavy atom. The molecule has 0 aromatic heterocycles. The van der Waals surface area contributed by atoms with Crippen LogP contribution in [0.15, 0.2) is 0 Å². The SMILES string of the molecule is CCC(C)(C)[C-]1CCOCC1. The molecule has 1 saturated heterocycles. The van der Waals surface area contributed by atoms with E-state index in [1.165, 1.54) is 19.3 Å². The van der Waals surface area contributed by atoms with Crippen molar-refractivity contribution in [1.82, 2.24) is 0 Å². The third-order valence-corrected chi connectivity index (χ3v) is 2.94. The summed E-state index contributed by atoms with van der Waals surface area (Å²) in [5, 5.41) is 0. The van der Waals surface area contributed by atoms with E-state index >= 15 is 0 Å². The van der Waals surface area contributed by atoms with Crippen molar-refractivity contribution in [2.24, 2.45) is 5.41 Å². The molecule has 0 aliphatic carbocycles. The molecule has 0 radical (unpaired) electrons. The van der Waals surface area contributed by atoms with Crippen molar-refractivity contribution in [2.75, 3.05) is 13.2 Å². The van der Waals surface area contributed by atoms with Gasteiger partial charge in [-0.05, 0) is 0 Å². The van der Waals surface area contributed by atoms with Crippen molar-refractivity contribution in [2.45, 2.75) is 40.0 Å². The van der Waals surface area contributed by atoms with Crippen LogP contribution in [0.1, 0.15) is 40.0 Å². The lowest BCUT2D eigenvalue weighted by Gasteiger charge is -2.49. The smallest absolute Gasteiger partial charge is 0.0197 e. The summed E-state index contributed by atoms with van der Waals surface area (Å²) in [4.78, 5) is 0. The van der Waals surface area contributed by atoms with Crippen LogP contribution in [0.5, 0.6) is 0 Å². The third-order valence-electron chi connectivity index (χ3n) is 2.94. The van der Waals surface area contributed by atoms with Gasteiger partial charge in [0.1, 0.15) is 0 Å². The number of hydrogen-bond donors (Lipinski definition) is 0. The molecular weight excluding hydrogens is 136 g/mol. The third kappa shape index (κ3) is 2.19. The Labute approximate surface area is 70.1 Å². The average molecular weight is 155 g/mol. The maximum absolute atomic E-state index is 5.32. The second-order valence-electron chi connectivity index (χ2n) is 3.95. The molecular formula is C10H19O-. The molecule has 1 rings (SSSR count). The molecule has 0 aromatic rings. The minimum Gasteiger partial charge on any atom is -0.387 e. The molecule has 1 aliphatic heterocycles. The van der Waals surface area contributed by atoms with Gasteiger partial charge in [0.15, 0.2) is 0 Å². The van der Waals surface area contributed by atoms with Gasteiger partial charge in [0.2, 0.25) is 0 Å². The fourth-order valence-electron chi connectivity index (χ4n) is 1.54. The van der Waals surface area contributed by atoms with E-state index in [-0.39, 0.29) is 0 Å². The fourth-order valence-corrected chi connectivity index (χ4v) is 1.54. The van der Waals surface area contributed by atoms with Crippen LogP contribution in [0.3, 0.4) is 0 Å². The highest BCUT2D eigenvalue weighted by Crippen LogP contribution is 2.38. The van der Waals surface area contributed by atoms with Crippen LogP contribution in [0.2, 0.25) is 0 Å². The summed E-state index contributed by atoms with van der Waals surface area (Å²) in [6, 6.07) is 0. The Morgan fingerprint density at radius 2 is 1.82 bits per heavy atom. The highest BCUT2D eigenvalue weighted by atomic mass is 16.5. The minimum atomic E-state index is 0.448. The Kier molecular flexibility index (Phi) is 2.94. The van der Waals surface area contributed by atoms with Crippen molar-refractivity contribution in [3.05, 3.63) is 5.92 Å². The molecule has 0 aromatic carbocycles. The Bertz CT molecular complexity index is 112. The van der Waals surface area contributed by atoms with Gasteiger partial charge < -0.3 is 10.7 Å². The first-order valence-electron chi connectivity index (χ1n) is 4.60. The van der Waals surface area contributed by atoms with Gasteiger partial charge in [-0.25, -0.2) is 0 Å². The first kappa shape index (κ1) is 9.05. The summed E-state index contributed by atoms with van der Waals surface area (Å²) in [6.07, 6.45) is 3.62. The summed E-state index contributed by atoms with van der Waals surface area (Å²) >= 11 is 0. The van der Waals surface area contributed by atoms with Crippen molar-refractivity contribution in [3.63, 3.8) is 0 Å². The first-order valence-corrected chi connectivity index (χ1v) is 4.60. The van der Waals surface area contributed by atoms with E-state index in [9.17, 15) is 0 Å². The Balaban J connectivity index is 2.43. The lowest BCUT2D eigenvalue weighted by Crippen LogP contribution is -2.27. The lowest BCUT2D eigenvalue weighted by molar-refractivity contribution is 0.0862. The van der Waals surface area contributed by atoms with Gasteiger partial charge in [0.05, 0.1) is 0 Å². The molecule has 0 N–H and O–H groups in total. The zero-order valence-corrected chi connectivity index (χ0v) is 7.94. The van der Waals surface area contributed by atoms with E-state index in [2.05, 4.69) is 20.8 Å². The summed E-state index contributed by atoms with van der Waals surface area (Å²) in [6.45, 7) is 8.83. The van der Waals surface area contributed by atoms with Crippen LogP contribution in [-0.4, -0.2) is 13.2 Å². The summed E-state index contributed by atoms with van der Waals surface area (Å²) in [5.74, 6) is 1.70. The van der Waals surface area contributed by atoms with Crippen molar-refractivity contribution in [1.29, 1.82) is 0 Å². The maximum Gasteiger partial charge on any atom is 0.0197 e. The van der Waals surface area contributed by atoms with Gasteiger partial charge in [0.25, 0.3) is 0 Å². The molecule has 0 amide bonds. The number of ether oxygens (including phenoxy) is 1. The topological polar surface area (TPSA) is 9.23 Å². The molecule has 1 heterocycles. The summed E-state index contributed by atoms with van der Waals surface area (Å²) in [5.41, 5.74) is 0.448. The van der Waals surface area contributed by atoms with E-state index in [1.807, 2.05) is 0 Å². The summed E-state index contributed by atoms with van der Waals surface area (Å²) in [7, 11) is 0. The standard InChI is InChI=1S/C10H19O/c1-4-10(2,3)9-5-7-11-8-6-9/h4-8H2,1-3H3/q-1. The molecule has 0 spiro atoms. The number of rotatable bonds is 2. The molecule has 1 nitrogen and oxygen atoms in total. The fraction of sp³-hybridized carbons (Fsp3) is 0.900. The van der Waals surface area contributed by atoms with E-state index in [4.69, 9.17) is 4.74 Å². The van der Waals surface area contributed by atoms with Gasteiger partial charge >= 0.3 is 0 Å². The zero-order valence-electron chi connectivity index (χ0n) is 7.94. The Hall–Kier alpha value is -0.0400. The minimum absolute atomic E-state index is 0.448. The van der Waals surface area contributed by atoms with Crippen LogP contribution in [-0.2, 0) is 4.74 Å². The van der Waals surface area contributed by atoms with E-state index < -0.39 is 0 Å². The lowest BCUT2D eigenvalue weighted by atomic mass is 9.73. The molecule has 0 bridgehead atoms. The molecule has 0 unspecified atom stereocenters. The Morgan fingerprint density at radius 3 is 2.27 bits per heavy atom. The largest absolute Gasteiger partial charge is 0.387 e. The first-order chi connectivity index (χ1) is 5.17. The predicted molar refractivity (Wildman–Crippen MR) is 47.4 cm³/mol.